The zero-order valence-electron chi connectivity index (χ0n) is 13.1. The van der Waals surface area contributed by atoms with Crippen LogP contribution in [0.5, 0.6) is 0 Å². The fourth-order valence-corrected chi connectivity index (χ4v) is 2.40. The van der Waals surface area contributed by atoms with Crippen molar-refractivity contribution in [3.8, 4) is 0 Å². The number of aliphatic imine (C=N–C) groups is 1. The minimum atomic E-state index is -1.38. The Morgan fingerprint density at radius 1 is 1.33 bits per heavy atom. The third-order valence-corrected chi connectivity index (χ3v) is 4.31. The van der Waals surface area contributed by atoms with E-state index in [1.54, 1.807) is 0 Å². The summed E-state index contributed by atoms with van der Waals surface area (Å²) in [6.07, 6.45) is 1.92. The van der Waals surface area contributed by atoms with Crippen LogP contribution in [0.4, 0.5) is 0 Å². The Balaban J connectivity index is 4.10. The van der Waals surface area contributed by atoms with Gasteiger partial charge in [0.05, 0.1) is 4.87 Å². The summed E-state index contributed by atoms with van der Waals surface area (Å²) in [6, 6.07) is 0. The van der Waals surface area contributed by atoms with Gasteiger partial charge in [-0.25, -0.2) is 0 Å². The molecule has 0 N–H and O–H groups in total. The molecule has 0 radical (unpaired) electrons. The zero-order valence-corrected chi connectivity index (χ0v) is 14.9. The van der Waals surface area contributed by atoms with Gasteiger partial charge in [-0.2, -0.15) is 0 Å². The first-order valence-corrected chi connectivity index (χ1v) is 10.7. The van der Waals surface area contributed by atoms with Crippen LogP contribution in [-0.4, -0.2) is 32.1 Å². The molecule has 0 spiro atoms. The lowest BCUT2D eigenvalue weighted by Gasteiger charge is -2.24. The van der Waals surface area contributed by atoms with Crippen LogP contribution in [0.15, 0.2) is 4.99 Å². The monoisotopic (exact) mass is 291 g/mol. The molecule has 0 aromatic heterocycles. The molecule has 108 valence electrons. The van der Waals surface area contributed by atoms with Crippen LogP contribution < -0.4 is 0 Å². The van der Waals surface area contributed by atoms with E-state index in [2.05, 4.69) is 45.4 Å². The van der Waals surface area contributed by atoms with E-state index in [-0.39, 0.29) is 4.87 Å². The maximum absolute atomic E-state index is 6.55. The highest BCUT2D eigenvalue weighted by Crippen LogP contribution is 2.24. The highest BCUT2D eigenvalue weighted by molar-refractivity contribution is 6.69. The van der Waals surface area contributed by atoms with Crippen molar-refractivity contribution < 1.29 is 4.43 Å². The van der Waals surface area contributed by atoms with Crippen molar-refractivity contribution in [1.82, 2.24) is 0 Å². The van der Waals surface area contributed by atoms with Gasteiger partial charge in [0.25, 0.3) is 0 Å². The molecular formula is C14H30ClNOSi. The molecule has 0 aromatic carbocycles. The Kier molecular flexibility index (Phi) is 7.72. The summed E-state index contributed by atoms with van der Waals surface area (Å²) >= 11 is 6.55. The van der Waals surface area contributed by atoms with Gasteiger partial charge in [-0.15, -0.1) is 11.6 Å². The minimum Gasteiger partial charge on any atom is -0.418 e. The first kappa shape index (κ1) is 18.1. The first-order chi connectivity index (χ1) is 8.04. The van der Waals surface area contributed by atoms with Crippen LogP contribution in [-0.2, 0) is 4.43 Å². The average Bonchev–Trinajstić information content (AvgIpc) is 2.19. The number of hydrogen-bond donors (Lipinski definition) is 0. The Morgan fingerprint density at radius 2 is 1.89 bits per heavy atom. The summed E-state index contributed by atoms with van der Waals surface area (Å²) in [5.41, 5.74) is 1.05. The standard InChI is InChI=1S/C14H30ClNOSi/c1-12(2)11-16-13(3)14(4,15)9-8-10-17-18(5,6)7/h12H,8-11H2,1-7H3. The Hall–Kier alpha value is 0.137. The van der Waals surface area contributed by atoms with Gasteiger partial charge in [0.2, 0.25) is 0 Å². The molecule has 0 aliphatic heterocycles. The van der Waals surface area contributed by atoms with Crippen LogP contribution >= 0.6 is 11.6 Å². The fraction of sp³-hybridized carbons (Fsp3) is 0.929. The smallest absolute Gasteiger partial charge is 0.183 e. The van der Waals surface area contributed by atoms with Crippen molar-refractivity contribution in [1.29, 1.82) is 0 Å². The Labute approximate surface area is 119 Å². The second-order valence-electron chi connectivity index (χ2n) is 6.58. The van der Waals surface area contributed by atoms with Crippen molar-refractivity contribution in [3.05, 3.63) is 0 Å². The summed E-state index contributed by atoms with van der Waals surface area (Å²) < 4.78 is 5.84. The SMILES string of the molecule is CC(=NCC(C)C)C(C)(Cl)CCCO[Si](C)(C)C. The summed E-state index contributed by atoms with van der Waals surface area (Å²) in [7, 11) is -1.38. The number of halogens is 1. The molecule has 1 atom stereocenters. The predicted octanol–water partition coefficient (Wildman–Crippen LogP) is 4.73. The highest BCUT2D eigenvalue weighted by Gasteiger charge is 2.24. The highest BCUT2D eigenvalue weighted by atomic mass is 35.5. The van der Waals surface area contributed by atoms with E-state index in [9.17, 15) is 0 Å². The van der Waals surface area contributed by atoms with E-state index < -0.39 is 8.32 Å². The zero-order chi connectivity index (χ0) is 14.4. The normalized spacial score (nSPS) is 17.1. The maximum Gasteiger partial charge on any atom is 0.183 e. The van der Waals surface area contributed by atoms with Crippen molar-refractivity contribution in [3.63, 3.8) is 0 Å². The van der Waals surface area contributed by atoms with Crippen LogP contribution in [0, 0.1) is 5.92 Å². The summed E-state index contributed by atoms with van der Waals surface area (Å²) in [5.74, 6) is 0.586. The molecule has 0 fully saturated rings. The van der Waals surface area contributed by atoms with Crippen LogP contribution in [0.2, 0.25) is 19.6 Å². The van der Waals surface area contributed by atoms with Gasteiger partial charge >= 0.3 is 0 Å². The van der Waals surface area contributed by atoms with Crippen molar-refractivity contribution >= 4 is 25.6 Å². The Bertz CT molecular complexity index is 269. The summed E-state index contributed by atoms with van der Waals surface area (Å²) in [4.78, 5) is 4.25. The third kappa shape index (κ3) is 9.12. The van der Waals surface area contributed by atoms with Gasteiger partial charge in [0.15, 0.2) is 8.32 Å². The van der Waals surface area contributed by atoms with E-state index in [1.807, 2.05) is 6.92 Å². The lowest BCUT2D eigenvalue weighted by atomic mass is 9.99. The van der Waals surface area contributed by atoms with E-state index in [0.717, 1.165) is 31.7 Å². The molecule has 0 saturated carbocycles. The number of alkyl halides is 1. The average molecular weight is 292 g/mol. The lowest BCUT2D eigenvalue weighted by Crippen LogP contribution is -2.29. The topological polar surface area (TPSA) is 21.6 Å². The van der Waals surface area contributed by atoms with Gasteiger partial charge < -0.3 is 4.43 Å². The van der Waals surface area contributed by atoms with Gasteiger partial charge in [-0.3, -0.25) is 4.99 Å². The fourth-order valence-electron chi connectivity index (χ4n) is 1.45. The molecule has 4 heteroatoms. The lowest BCUT2D eigenvalue weighted by molar-refractivity contribution is 0.298. The number of hydrogen-bond acceptors (Lipinski definition) is 2. The molecule has 0 aliphatic rings. The molecule has 0 bridgehead atoms. The second kappa shape index (κ2) is 7.66. The van der Waals surface area contributed by atoms with Crippen molar-refractivity contribution in [2.24, 2.45) is 10.9 Å². The number of rotatable bonds is 8. The molecule has 0 saturated heterocycles. The number of nitrogens with zero attached hydrogens (tertiary/aromatic N) is 1. The maximum atomic E-state index is 6.55. The van der Waals surface area contributed by atoms with Crippen LogP contribution in [0.3, 0.4) is 0 Å². The molecule has 0 aliphatic carbocycles. The molecule has 1 unspecified atom stereocenters. The van der Waals surface area contributed by atoms with Gasteiger partial charge in [0.1, 0.15) is 0 Å². The molecule has 0 amide bonds. The molecule has 0 aromatic rings. The van der Waals surface area contributed by atoms with Gasteiger partial charge in [0, 0.05) is 18.9 Å². The van der Waals surface area contributed by atoms with E-state index in [1.165, 1.54) is 0 Å². The summed E-state index contributed by atoms with van der Waals surface area (Å²) in [5, 5.41) is 0. The largest absolute Gasteiger partial charge is 0.418 e. The molecule has 0 heterocycles. The minimum absolute atomic E-state index is 0.322. The van der Waals surface area contributed by atoms with Crippen LogP contribution in [0.1, 0.15) is 40.5 Å². The van der Waals surface area contributed by atoms with E-state index in [4.69, 9.17) is 16.0 Å². The third-order valence-electron chi connectivity index (χ3n) is 2.77. The molecule has 18 heavy (non-hydrogen) atoms. The molecule has 2 nitrogen and oxygen atoms in total. The molecular weight excluding hydrogens is 262 g/mol. The van der Waals surface area contributed by atoms with Gasteiger partial charge in [-0.1, -0.05) is 13.8 Å². The van der Waals surface area contributed by atoms with Crippen molar-refractivity contribution in [2.75, 3.05) is 13.2 Å². The van der Waals surface area contributed by atoms with Gasteiger partial charge in [-0.05, 0) is 52.2 Å². The molecule has 0 rings (SSSR count). The quantitative estimate of drug-likeness (QED) is 0.274. The predicted molar refractivity (Wildman–Crippen MR) is 85.6 cm³/mol. The summed E-state index contributed by atoms with van der Waals surface area (Å²) in [6.45, 7) is 16.7. The van der Waals surface area contributed by atoms with Crippen molar-refractivity contribution in [2.45, 2.75) is 65.1 Å². The van der Waals surface area contributed by atoms with Crippen LogP contribution in [0.25, 0.3) is 0 Å². The van der Waals surface area contributed by atoms with E-state index in [0.29, 0.717) is 5.92 Å². The second-order valence-corrected chi connectivity index (χ2v) is 11.9. The Morgan fingerprint density at radius 3 is 2.33 bits per heavy atom. The van der Waals surface area contributed by atoms with E-state index >= 15 is 0 Å². The first-order valence-electron chi connectivity index (χ1n) is 6.89.